The molecule has 0 bridgehead atoms. The van der Waals surface area contributed by atoms with Gasteiger partial charge in [0.1, 0.15) is 11.9 Å². The van der Waals surface area contributed by atoms with Crippen molar-refractivity contribution in [1.29, 1.82) is 0 Å². The van der Waals surface area contributed by atoms with Crippen LogP contribution in [0.25, 0.3) is 0 Å². The van der Waals surface area contributed by atoms with Crippen molar-refractivity contribution < 1.29 is 18.0 Å². The Morgan fingerprint density at radius 3 is 2.74 bits per heavy atom. The number of aromatic nitrogens is 1. The van der Waals surface area contributed by atoms with Crippen molar-refractivity contribution in [2.45, 2.75) is 38.7 Å². The van der Waals surface area contributed by atoms with Gasteiger partial charge in [-0.05, 0) is 19.9 Å². The summed E-state index contributed by atoms with van der Waals surface area (Å²) in [5.74, 6) is 0.312. The Balaban J connectivity index is 1.95. The predicted molar refractivity (Wildman–Crippen MR) is 78.9 cm³/mol. The third kappa shape index (κ3) is 2.99. The fourth-order valence-electron chi connectivity index (χ4n) is 3.10. The van der Waals surface area contributed by atoms with E-state index in [1.165, 1.54) is 0 Å². The second kappa shape index (κ2) is 5.67. The maximum atomic E-state index is 12.9. The molecule has 0 radical (unpaired) electrons. The number of hydrogen-bond donors (Lipinski definition) is 1. The smallest absolute Gasteiger partial charge is 0.350 e. The van der Waals surface area contributed by atoms with E-state index < -0.39 is 17.8 Å². The van der Waals surface area contributed by atoms with Gasteiger partial charge in [-0.25, -0.2) is 4.98 Å². The fraction of sp³-hybridized carbons (Fsp3) is 0.600. The molecule has 0 spiro atoms. The average molecular weight is 328 g/mol. The molecule has 2 aliphatic heterocycles. The summed E-state index contributed by atoms with van der Waals surface area (Å²) in [6, 6.07) is 0.977. The first kappa shape index (κ1) is 16.0. The zero-order chi connectivity index (χ0) is 16.8. The second-order valence-electron chi connectivity index (χ2n) is 6.22. The van der Waals surface area contributed by atoms with Crippen molar-refractivity contribution in [3.8, 4) is 0 Å². The van der Waals surface area contributed by atoms with Crippen LogP contribution in [0.5, 0.6) is 0 Å². The van der Waals surface area contributed by atoms with E-state index in [1.54, 1.807) is 0 Å². The molecule has 1 saturated heterocycles. The molecule has 1 amide bonds. The number of rotatable bonds is 1. The van der Waals surface area contributed by atoms with E-state index in [9.17, 15) is 18.0 Å². The molecule has 0 aliphatic carbocycles. The maximum Gasteiger partial charge on any atom is 0.417 e. The molecule has 126 valence electrons. The summed E-state index contributed by atoms with van der Waals surface area (Å²) in [5, 5.41) is 2.72. The van der Waals surface area contributed by atoms with Gasteiger partial charge < -0.3 is 10.2 Å². The van der Waals surface area contributed by atoms with Gasteiger partial charge in [0.15, 0.2) is 0 Å². The Kier molecular flexibility index (Phi) is 3.95. The van der Waals surface area contributed by atoms with Crippen molar-refractivity contribution in [3.05, 3.63) is 23.4 Å². The maximum absolute atomic E-state index is 12.9. The highest BCUT2D eigenvalue weighted by Crippen LogP contribution is 2.33. The first-order valence-corrected chi connectivity index (χ1v) is 7.62. The molecule has 1 aromatic heterocycles. The SMILES string of the molecule is CC(C)N1CCN2c3ncc(C(F)(F)F)cc3CNC(=O)[C@H]2C1. The third-order valence-corrected chi connectivity index (χ3v) is 4.44. The lowest BCUT2D eigenvalue weighted by Gasteiger charge is -2.42. The molecule has 0 aromatic carbocycles. The van der Waals surface area contributed by atoms with Crippen LogP contribution in [0, 0.1) is 0 Å². The van der Waals surface area contributed by atoms with Gasteiger partial charge in [0.25, 0.3) is 0 Å². The standard InChI is InChI=1S/C15H19F3N4O/c1-9(2)21-3-4-22-12(8-21)14(23)20-6-10-5-11(15(16,17)18)7-19-13(10)22/h5,7,9,12H,3-4,6,8H2,1-2H3,(H,20,23)/t12-/m1/s1. The Morgan fingerprint density at radius 2 is 2.09 bits per heavy atom. The number of carbonyl (C=O) groups excluding carboxylic acids is 1. The monoisotopic (exact) mass is 328 g/mol. The molecular formula is C15H19F3N4O. The van der Waals surface area contributed by atoms with Crippen molar-refractivity contribution in [1.82, 2.24) is 15.2 Å². The van der Waals surface area contributed by atoms with E-state index >= 15 is 0 Å². The molecule has 5 nitrogen and oxygen atoms in total. The van der Waals surface area contributed by atoms with Gasteiger partial charge in [-0.3, -0.25) is 9.69 Å². The molecule has 8 heteroatoms. The number of hydrogen-bond acceptors (Lipinski definition) is 4. The van der Waals surface area contributed by atoms with Gasteiger partial charge >= 0.3 is 6.18 Å². The molecule has 2 aliphatic rings. The van der Waals surface area contributed by atoms with Gasteiger partial charge in [-0.2, -0.15) is 13.2 Å². The van der Waals surface area contributed by atoms with Crippen LogP contribution < -0.4 is 10.2 Å². The predicted octanol–water partition coefficient (Wildman–Crippen LogP) is 1.63. The number of piperazine rings is 1. The van der Waals surface area contributed by atoms with Crippen LogP contribution in [-0.4, -0.2) is 47.5 Å². The quantitative estimate of drug-likeness (QED) is 0.851. The molecule has 3 heterocycles. The molecular weight excluding hydrogens is 309 g/mol. The topological polar surface area (TPSA) is 48.5 Å². The number of halogens is 3. The van der Waals surface area contributed by atoms with E-state index in [0.29, 0.717) is 30.5 Å². The van der Waals surface area contributed by atoms with E-state index in [0.717, 1.165) is 18.8 Å². The van der Waals surface area contributed by atoms with Crippen LogP contribution in [-0.2, 0) is 17.5 Å². The Hall–Kier alpha value is -1.83. The zero-order valence-corrected chi connectivity index (χ0v) is 13.0. The summed E-state index contributed by atoms with van der Waals surface area (Å²) in [4.78, 5) is 20.4. The summed E-state index contributed by atoms with van der Waals surface area (Å²) < 4.78 is 38.6. The van der Waals surface area contributed by atoms with Gasteiger partial charge in [0.2, 0.25) is 5.91 Å². The molecule has 1 N–H and O–H groups in total. The molecule has 1 aromatic rings. The van der Waals surface area contributed by atoms with E-state index in [-0.39, 0.29) is 12.5 Å². The normalized spacial score (nSPS) is 22.4. The van der Waals surface area contributed by atoms with Gasteiger partial charge in [0.05, 0.1) is 5.56 Å². The molecule has 1 atom stereocenters. The molecule has 1 fully saturated rings. The summed E-state index contributed by atoms with van der Waals surface area (Å²) in [6.07, 6.45) is -3.59. The van der Waals surface area contributed by atoms with E-state index in [4.69, 9.17) is 0 Å². The highest BCUT2D eigenvalue weighted by atomic mass is 19.4. The minimum atomic E-state index is -4.44. The Labute approximate surface area is 132 Å². The van der Waals surface area contributed by atoms with Crippen LogP contribution >= 0.6 is 0 Å². The minimum absolute atomic E-state index is 0.0692. The number of fused-ring (bicyclic) bond motifs is 3. The van der Waals surface area contributed by atoms with Crippen molar-refractivity contribution in [3.63, 3.8) is 0 Å². The number of nitrogens with one attached hydrogen (secondary N) is 1. The Bertz CT molecular complexity index is 617. The van der Waals surface area contributed by atoms with Gasteiger partial charge in [0, 0.05) is 44.0 Å². The van der Waals surface area contributed by atoms with Crippen LogP contribution in [0.3, 0.4) is 0 Å². The fourth-order valence-corrected chi connectivity index (χ4v) is 3.10. The third-order valence-electron chi connectivity index (χ3n) is 4.44. The molecule has 0 unspecified atom stereocenters. The average Bonchev–Trinajstić information content (AvgIpc) is 2.63. The van der Waals surface area contributed by atoms with Gasteiger partial charge in [-0.15, -0.1) is 0 Å². The van der Waals surface area contributed by atoms with Crippen molar-refractivity contribution in [2.75, 3.05) is 24.5 Å². The van der Waals surface area contributed by atoms with Crippen LogP contribution in [0.1, 0.15) is 25.0 Å². The molecule has 0 saturated carbocycles. The zero-order valence-electron chi connectivity index (χ0n) is 13.0. The molecule has 23 heavy (non-hydrogen) atoms. The number of amides is 1. The lowest BCUT2D eigenvalue weighted by molar-refractivity contribution is -0.137. The minimum Gasteiger partial charge on any atom is -0.350 e. The summed E-state index contributed by atoms with van der Waals surface area (Å²) >= 11 is 0. The van der Waals surface area contributed by atoms with E-state index in [1.807, 2.05) is 4.90 Å². The second-order valence-corrected chi connectivity index (χ2v) is 6.22. The van der Waals surface area contributed by atoms with Crippen LogP contribution in [0.4, 0.5) is 19.0 Å². The first-order valence-electron chi connectivity index (χ1n) is 7.62. The van der Waals surface area contributed by atoms with E-state index in [2.05, 4.69) is 29.0 Å². The lowest BCUT2D eigenvalue weighted by Crippen LogP contribution is -2.59. The Morgan fingerprint density at radius 1 is 1.35 bits per heavy atom. The lowest BCUT2D eigenvalue weighted by atomic mass is 10.1. The summed E-state index contributed by atoms with van der Waals surface area (Å²) in [7, 11) is 0. The number of alkyl halides is 3. The highest BCUT2D eigenvalue weighted by molar-refractivity contribution is 5.87. The first-order chi connectivity index (χ1) is 10.8. The number of pyridine rings is 1. The van der Waals surface area contributed by atoms with Crippen LogP contribution in [0.2, 0.25) is 0 Å². The number of carbonyl (C=O) groups is 1. The number of anilines is 1. The largest absolute Gasteiger partial charge is 0.417 e. The van der Waals surface area contributed by atoms with Gasteiger partial charge in [-0.1, -0.05) is 0 Å². The van der Waals surface area contributed by atoms with Crippen molar-refractivity contribution in [2.24, 2.45) is 0 Å². The summed E-state index contributed by atoms with van der Waals surface area (Å²) in [6.45, 7) is 6.06. The van der Waals surface area contributed by atoms with Crippen molar-refractivity contribution >= 4 is 11.7 Å². The molecule has 3 rings (SSSR count). The highest BCUT2D eigenvalue weighted by Gasteiger charge is 2.38. The van der Waals surface area contributed by atoms with Crippen LogP contribution in [0.15, 0.2) is 12.3 Å². The number of nitrogens with zero attached hydrogens (tertiary/aromatic N) is 3. The summed E-state index contributed by atoms with van der Waals surface area (Å²) in [5.41, 5.74) is -0.376.